The zero-order chi connectivity index (χ0) is 13.7. The van der Waals surface area contributed by atoms with Crippen LogP contribution in [-0.2, 0) is 6.54 Å². The van der Waals surface area contributed by atoms with Crippen LogP contribution in [0.3, 0.4) is 0 Å². The van der Waals surface area contributed by atoms with Crippen molar-refractivity contribution >= 4 is 5.69 Å². The molecule has 0 aliphatic carbocycles. The van der Waals surface area contributed by atoms with Gasteiger partial charge in [-0.3, -0.25) is 0 Å². The van der Waals surface area contributed by atoms with Crippen molar-refractivity contribution in [3.05, 3.63) is 48.5 Å². The fourth-order valence-electron chi connectivity index (χ4n) is 2.17. The van der Waals surface area contributed by atoms with Gasteiger partial charge in [0, 0.05) is 30.7 Å². The number of hydrogen-bond acceptors (Lipinski definition) is 3. The van der Waals surface area contributed by atoms with Crippen LogP contribution in [0.1, 0.15) is 25.7 Å². The fraction of sp³-hybridized carbons (Fsp3) is 0.400. The zero-order valence-electron chi connectivity index (χ0n) is 11.5. The summed E-state index contributed by atoms with van der Waals surface area (Å²) in [6, 6.07) is 10.5. The summed E-state index contributed by atoms with van der Waals surface area (Å²) in [6.07, 6.45) is 3.83. The predicted octanol–water partition coefficient (Wildman–Crippen LogP) is 2.46. The van der Waals surface area contributed by atoms with Gasteiger partial charge in [-0.2, -0.15) is 0 Å². The summed E-state index contributed by atoms with van der Waals surface area (Å²) in [6.45, 7) is 5.73. The van der Waals surface area contributed by atoms with Crippen molar-refractivity contribution in [1.29, 1.82) is 0 Å². The number of aromatic nitrogens is 2. The lowest BCUT2D eigenvalue weighted by Gasteiger charge is -2.24. The van der Waals surface area contributed by atoms with Gasteiger partial charge in [0.1, 0.15) is 5.82 Å². The summed E-state index contributed by atoms with van der Waals surface area (Å²) in [5.41, 5.74) is 1.11. The molecule has 19 heavy (non-hydrogen) atoms. The Morgan fingerprint density at radius 3 is 2.63 bits per heavy atom. The Morgan fingerprint density at radius 1 is 1.26 bits per heavy atom. The van der Waals surface area contributed by atoms with Crippen LogP contribution in [0.15, 0.2) is 42.7 Å². The highest BCUT2D eigenvalue weighted by Gasteiger charge is 2.11. The molecule has 1 heterocycles. The van der Waals surface area contributed by atoms with Crippen molar-refractivity contribution in [2.75, 3.05) is 18.1 Å². The van der Waals surface area contributed by atoms with Crippen molar-refractivity contribution < 1.29 is 5.11 Å². The van der Waals surface area contributed by atoms with Gasteiger partial charge in [0.25, 0.3) is 0 Å². The third-order valence-corrected chi connectivity index (χ3v) is 3.13. The molecule has 0 spiro atoms. The average molecular weight is 259 g/mol. The molecule has 1 aromatic carbocycles. The highest BCUT2D eigenvalue weighted by atomic mass is 16.3. The van der Waals surface area contributed by atoms with E-state index in [9.17, 15) is 5.11 Å². The van der Waals surface area contributed by atoms with Crippen LogP contribution >= 0.6 is 0 Å². The third-order valence-electron chi connectivity index (χ3n) is 3.13. The number of rotatable bonds is 6. The Kier molecular flexibility index (Phi) is 4.58. The van der Waals surface area contributed by atoms with Crippen molar-refractivity contribution in [3.63, 3.8) is 0 Å². The third kappa shape index (κ3) is 3.35. The molecule has 0 aliphatic heterocycles. The molecular weight excluding hydrogens is 238 g/mol. The van der Waals surface area contributed by atoms with Crippen molar-refractivity contribution in [3.8, 4) is 0 Å². The molecule has 0 unspecified atom stereocenters. The number of anilines is 1. The lowest BCUT2D eigenvalue weighted by molar-refractivity contribution is 0.301. The van der Waals surface area contributed by atoms with Gasteiger partial charge < -0.3 is 14.6 Å². The predicted molar refractivity (Wildman–Crippen MR) is 77.2 cm³/mol. The monoisotopic (exact) mass is 259 g/mol. The summed E-state index contributed by atoms with van der Waals surface area (Å²) in [7, 11) is 0. The fourth-order valence-corrected chi connectivity index (χ4v) is 2.17. The number of para-hydroxylation sites is 1. The molecule has 0 saturated heterocycles. The van der Waals surface area contributed by atoms with Crippen molar-refractivity contribution in [1.82, 2.24) is 9.55 Å². The highest BCUT2D eigenvalue weighted by molar-refractivity contribution is 5.46. The van der Waals surface area contributed by atoms with Gasteiger partial charge in [-0.15, -0.1) is 0 Å². The largest absolute Gasteiger partial charge is 0.395 e. The maximum atomic E-state index is 9.24. The summed E-state index contributed by atoms with van der Waals surface area (Å²) in [5, 5.41) is 9.24. The number of aliphatic hydroxyl groups is 1. The molecule has 0 atom stereocenters. The lowest BCUT2D eigenvalue weighted by atomic mass is 10.2. The molecule has 4 nitrogen and oxygen atoms in total. The minimum Gasteiger partial charge on any atom is -0.395 e. The molecule has 1 N–H and O–H groups in total. The molecule has 4 heteroatoms. The number of benzene rings is 1. The Balaban J connectivity index is 2.19. The normalized spacial score (nSPS) is 10.9. The first-order valence-electron chi connectivity index (χ1n) is 6.65. The quantitative estimate of drug-likeness (QED) is 0.866. The molecule has 102 valence electrons. The summed E-state index contributed by atoms with van der Waals surface area (Å²) in [5.74, 6) is 1.02. The Bertz CT molecular complexity index is 493. The minimum atomic E-state index is 0.136. The lowest BCUT2D eigenvalue weighted by Crippen LogP contribution is -2.28. The van der Waals surface area contributed by atoms with E-state index < -0.39 is 0 Å². The van der Waals surface area contributed by atoms with E-state index in [-0.39, 0.29) is 6.61 Å². The van der Waals surface area contributed by atoms with Gasteiger partial charge in [0.15, 0.2) is 0 Å². The van der Waals surface area contributed by atoms with Crippen LogP contribution in [0.4, 0.5) is 5.69 Å². The molecule has 0 aliphatic rings. The van der Waals surface area contributed by atoms with Crippen LogP contribution in [0.2, 0.25) is 0 Å². The van der Waals surface area contributed by atoms with E-state index in [1.807, 2.05) is 30.6 Å². The standard InChI is InChI=1S/C15H21N3O/c1-13(2)18-9-8-16-15(18)12-17(10-11-19)14-6-4-3-5-7-14/h3-9,13,19H,10-12H2,1-2H3. The van der Waals surface area contributed by atoms with E-state index >= 15 is 0 Å². The Morgan fingerprint density at radius 2 is 2.00 bits per heavy atom. The number of aliphatic hydroxyl groups excluding tert-OH is 1. The van der Waals surface area contributed by atoms with Crippen LogP contribution in [-0.4, -0.2) is 27.8 Å². The molecule has 2 rings (SSSR count). The summed E-state index contributed by atoms with van der Waals surface area (Å²) >= 11 is 0. The molecule has 0 bridgehead atoms. The SMILES string of the molecule is CC(C)n1ccnc1CN(CCO)c1ccccc1. The van der Waals surface area contributed by atoms with Gasteiger partial charge in [0.05, 0.1) is 13.2 Å². The smallest absolute Gasteiger partial charge is 0.128 e. The maximum absolute atomic E-state index is 9.24. The van der Waals surface area contributed by atoms with Gasteiger partial charge in [0.2, 0.25) is 0 Å². The number of hydrogen-bond donors (Lipinski definition) is 1. The van der Waals surface area contributed by atoms with E-state index in [2.05, 4.69) is 40.4 Å². The Hall–Kier alpha value is -1.81. The van der Waals surface area contributed by atoms with E-state index in [0.29, 0.717) is 19.1 Å². The van der Waals surface area contributed by atoms with Gasteiger partial charge in [-0.05, 0) is 26.0 Å². The number of nitrogens with zero attached hydrogens (tertiary/aromatic N) is 3. The van der Waals surface area contributed by atoms with Crippen molar-refractivity contribution in [2.24, 2.45) is 0 Å². The molecule has 0 fully saturated rings. The maximum Gasteiger partial charge on any atom is 0.128 e. The molecule has 0 saturated carbocycles. The number of imidazole rings is 1. The van der Waals surface area contributed by atoms with E-state index in [1.165, 1.54) is 0 Å². The van der Waals surface area contributed by atoms with E-state index in [4.69, 9.17) is 0 Å². The van der Waals surface area contributed by atoms with Crippen molar-refractivity contribution in [2.45, 2.75) is 26.4 Å². The molecular formula is C15H21N3O. The van der Waals surface area contributed by atoms with E-state index in [0.717, 1.165) is 11.5 Å². The van der Waals surface area contributed by atoms with Crippen LogP contribution in [0.25, 0.3) is 0 Å². The second-order valence-electron chi connectivity index (χ2n) is 4.83. The molecule has 0 amide bonds. The van der Waals surface area contributed by atoms with E-state index in [1.54, 1.807) is 0 Å². The molecule has 0 radical (unpaired) electrons. The van der Waals surface area contributed by atoms with Crippen LogP contribution in [0.5, 0.6) is 0 Å². The van der Waals surface area contributed by atoms with Gasteiger partial charge in [-0.1, -0.05) is 18.2 Å². The second-order valence-corrected chi connectivity index (χ2v) is 4.83. The first kappa shape index (κ1) is 13.6. The minimum absolute atomic E-state index is 0.136. The Labute approximate surface area is 114 Å². The van der Waals surface area contributed by atoms with Crippen LogP contribution in [0, 0.1) is 0 Å². The summed E-state index contributed by atoms with van der Waals surface area (Å²) in [4.78, 5) is 6.56. The topological polar surface area (TPSA) is 41.3 Å². The first-order chi connectivity index (χ1) is 9.22. The highest BCUT2D eigenvalue weighted by Crippen LogP contribution is 2.17. The second kappa shape index (κ2) is 6.38. The van der Waals surface area contributed by atoms with Gasteiger partial charge >= 0.3 is 0 Å². The van der Waals surface area contributed by atoms with Gasteiger partial charge in [-0.25, -0.2) is 4.98 Å². The zero-order valence-corrected chi connectivity index (χ0v) is 11.5. The molecule has 1 aromatic heterocycles. The first-order valence-corrected chi connectivity index (χ1v) is 6.65. The van der Waals surface area contributed by atoms with Crippen LogP contribution < -0.4 is 4.90 Å². The average Bonchev–Trinajstić information content (AvgIpc) is 2.88. The molecule has 2 aromatic rings. The summed E-state index contributed by atoms with van der Waals surface area (Å²) < 4.78 is 2.16.